The standard InChI is InChI=1S/C33H27N3OSi.C31H22N4O.C27H20N4O.C27H22N4O.4Pt/c37-32-21-11-10-20-31(32)36-24-23-35(26-36)25-27-13-12-22-33(34-27)38(28-14-4-1-5-15-28,29-16-6-2-7-17-29)30-18-8-3-9-19-30;36-30-18-8-7-17-29(30)34-21-33(27-15-5-6-16-28(27)34)20-22-10-9-19-31(32-22)35-25-13-3-1-11-23(25)24-12-2-4-14-26(24)35;32-26-14-6-5-13-25(26)30-17-16-29(19-30)18-20-8-7-15-27(28-20)31-23-11-3-1-9-21(23)22-10-2-4-12-24(22)31;32-26-16-8-7-15-25(26)30-19-18-29(21-30)20-22-10-9-17-27(28-22)31(23-11-3-1-4-12-23)24-13-5-2-6-14-24;;;;/h1-18,20-24,26,37H,25H2;1-13,15-19,21,36H,20H2;1-11,13-17,19,32H,18H2;1-13,15-19,21,32H,20H2;;;;/q4*-2;4*+2. The first kappa shape index (κ1) is 98.5. The van der Waals surface area contributed by atoms with Crippen molar-refractivity contribution < 1.29 is 105 Å². The Hall–Kier alpha value is -15.1. The van der Waals surface area contributed by atoms with Crippen LogP contribution in [-0.2, 0) is 110 Å². The molecule has 0 unspecified atom stereocenters. The van der Waals surface area contributed by atoms with Crippen molar-refractivity contribution in [2.24, 2.45) is 0 Å². The molecule has 20 aromatic rings. The summed E-state index contributed by atoms with van der Waals surface area (Å²) in [7, 11) is -2.72. The number of nitrogens with zero attached hydrogens (tertiary/aromatic N) is 15. The maximum Gasteiger partial charge on any atom is 2.00 e. The molecule has 0 amide bonds. The largest absolute Gasteiger partial charge is 2.00 e. The van der Waals surface area contributed by atoms with E-state index in [1.165, 1.54) is 37.1 Å². The first-order chi connectivity index (χ1) is 68.1. The molecule has 706 valence electrons. The molecule has 0 spiro atoms. The quantitative estimate of drug-likeness (QED) is 0.0304. The van der Waals surface area contributed by atoms with E-state index in [-0.39, 0.29) is 107 Å². The van der Waals surface area contributed by atoms with Crippen LogP contribution in [0.5, 0.6) is 23.0 Å². The number of fused-ring (bicyclic) bond motifs is 7. The molecule has 0 atom stereocenters. The van der Waals surface area contributed by atoms with E-state index < -0.39 is 8.07 Å². The Bertz CT molecular complexity index is 7570. The molecule has 24 rings (SSSR count). The van der Waals surface area contributed by atoms with Gasteiger partial charge in [-0.3, -0.25) is 4.98 Å². The van der Waals surface area contributed by atoms with Crippen LogP contribution in [-0.4, -0.2) is 72.3 Å². The summed E-state index contributed by atoms with van der Waals surface area (Å²) < 4.78 is 4.36. The second-order valence-corrected chi connectivity index (χ2v) is 37.0. The van der Waals surface area contributed by atoms with Crippen molar-refractivity contribution in [2.75, 3.05) is 29.4 Å². The fraction of sp³-hybridized carbons (Fsp3) is 0.0339. The van der Waals surface area contributed by atoms with Gasteiger partial charge in [-0.15, -0.1) is 23.5 Å². The molecule has 0 saturated heterocycles. The molecular weight excluding hydrogens is 2500 g/mol. The maximum atomic E-state index is 10.5. The van der Waals surface area contributed by atoms with Crippen LogP contribution in [0.4, 0.5) is 51.3 Å². The van der Waals surface area contributed by atoms with E-state index in [4.69, 9.17) is 19.9 Å². The minimum Gasteiger partial charge on any atom is -0.506 e. The van der Waals surface area contributed by atoms with Gasteiger partial charge in [0.2, 0.25) is 0 Å². The van der Waals surface area contributed by atoms with Gasteiger partial charge >= 0.3 is 84.3 Å². The van der Waals surface area contributed by atoms with E-state index in [1.807, 2.05) is 295 Å². The third-order valence-electron chi connectivity index (χ3n) is 24.5. The molecule has 24 heteroatoms. The minimum absolute atomic E-state index is 0. The number of aromatic hydroxyl groups is 4. The number of benzene rings is 14. The summed E-state index contributed by atoms with van der Waals surface area (Å²) >= 11 is 0. The van der Waals surface area contributed by atoms with E-state index in [9.17, 15) is 20.4 Å². The third kappa shape index (κ3) is 20.9. The second-order valence-electron chi connectivity index (χ2n) is 33.3. The monoisotopic (exact) mass is 2590 g/mol. The van der Waals surface area contributed by atoms with Crippen molar-refractivity contribution in [1.29, 1.82) is 0 Å². The number of para-hydroxylation sites is 16. The molecular formula is C118H91N15O4Pt4Si. The Labute approximate surface area is 884 Å². The first-order valence-electron chi connectivity index (χ1n) is 45.5. The van der Waals surface area contributed by atoms with Crippen molar-refractivity contribution >= 4 is 124 Å². The number of hydrogen-bond acceptors (Lipinski definition) is 17. The van der Waals surface area contributed by atoms with Gasteiger partial charge in [0.1, 0.15) is 40.5 Å². The summed E-state index contributed by atoms with van der Waals surface area (Å²) in [5.41, 5.74) is 15.1. The molecule has 0 radical (unpaired) electrons. The molecule has 14 aromatic carbocycles. The van der Waals surface area contributed by atoms with E-state index in [0.29, 0.717) is 26.2 Å². The molecule has 10 heterocycles. The summed E-state index contributed by atoms with van der Waals surface area (Å²) in [6, 6.07) is 153. The van der Waals surface area contributed by atoms with E-state index in [2.05, 4.69) is 241 Å². The summed E-state index contributed by atoms with van der Waals surface area (Å²) in [5.74, 6) is 3.55. The van der Waals surface area contributed by atoms with Crippen LogP contribution in [0.2, 0.25) is 0 Å². The summed E-state index contributed by atoms with van der Waals surface area (Å²) in [5, 5.41) is 50.6. The number of hydrogen-bond donors (Lipinski definition) is 4. The van der Waals surface area contributed by atoms with Crippen LogP contribution in [0.1, 0.15) is 22.8 Å². The van der Waals surface area contributed by atoms with Crippen LogP contribution >= 0.6 is 0 Å². The van der Waals surface area contributed by atoms with Crippen LogP contribution < -0.4 is 50.3 Å². The molecule has 4 aliphatic heterocycles. The number of phenolic OH excluding ortho intramolecular Hbond substituents is 4. The Morgan fingerprint density at radius 2 is 0.662 bits per heavy atom. The average Bonchev–Trinajstić information content (AvgIpc) is 1.34. The number of rotatable bonds is 21. The smallest absolute Gasteiger partial charge is 0.506 e. The normalized spacial score (nSPS) is 12.8. The molecule has 0 aliphatic carbocycles. The molecule has 4 N–H and O–H groups in total. The zero-order valence-electron chi connectivity index (χ0n) is 76.2. The van der Waals surface area contributed by atoms with Crippen molar-refractivity contribution in [3.05, 3.63) is 529 Å². The van der Waals surface area contributed by atoms with Gasteiger partial charge in [0.05, 0.1) is 45.5 Å². The molecule has 4 aliphatic rings. The number of aromatic nitrogens is 6. The SMILES string of the molecule is Oc1ccccc1N1C=CN(Cc2cccc(-n3c4[c-]cccc4c4ccccc43)n2)[CH-]1.Oc1ccccc1N1C=CN(Cc2cccc(N(c3[c-]cccc3)c3ccccc3)n2)[CH-]1.Oc1ccccc1N1C=CN(Cc2cccc([Si](c3[c-]cccc3)(c3ccccc3)c3ccccc3)n2)[CH-]1.Oc1ccccc1N1[CH-]N(Cc2cccc(-n3c4[c-]cccc4c4ccccc43)n2)c2ccccc21.[Pt+2].[Pt+2].[Pt+2].[Pt+2]. The Morgan fingerprint density at radius 1 is 0.282 bits per heavy atom. The summed E-state index contributed by atoms with van der Waals surface area (Å²) in [6.45, 7) is 10.3. The molecule has 0 bridgehead atoms. The van der Waals surface area contributed by atoms with Crippen molar-refractivity contribution in [3.8, 4) is 34.6 Å². The third-order valence-corrected chi connectivity index (χ3v) is 29.0. The predicted molar refractivity (Wildman–Crippen MR) is 555 cm³/mol. The second kappa shape index (κ2) is 45.4. The van der Waals surface area contributed by atoms with Crippen LogP contribution in [0.15, 0.2) is 456 Å². The van der Waals surface area contributed by atoms with Crippen molar-refractivity contribution in [2.45, 2.75) is 26.2 Å². The topological polar surface area (TPSA) is 172 Å². The van der Waals surface area contributed by atoms with Gasteiger partial charge in [0.15, 0.2) is 8.07 Å². The molecule has 6 aromatic heterocycles. The van der Waals surface area contributed by atoms with Crippen LogP contribution in [0.25, 0.3) is 55.2 Å². The van der Waals surface area contributed by atoms with E-state index in [1.54, 1.807) is 24.3 Å². The minimum atomic E-state index is -2.72. The predicted octanol–water partition coefficient (Wildman–Crippen LogP) is 22.4. The Morgan fingerprint density at radius 3 is 1.13 bits per heavy atom. The van der Waals surface area contributed by atoms with Gasteiger partial charge < -0.3 is 73.7 Å². The van der Waals surface area contributed by atoms with Crippen LogP contribution in [0.3, 0.4) is 0 Å². The zero-order chi connectivity index (χ0) is 93.1. The fourth-order valence-electron chi connectivity index (χ4n) is 18.2. The van der Waals surface area contributed by atoms with Gasteiger partial charge in [-0.2, -0.15) is 128 Å². The van der Waals surface area contributed by atoms with E-state index >= 15 is 0 Å². The summed E-state index contributed by atoms with van der Waals surface area (Å²) in [4.78, 5) is 38.5. The first-order valence-corrected chi connectivity index (χ1v) is 47.5. The zero-order valence-corrected chi connectivity index (χ0v) is 86.3. The number of phenols is 4. The van der Waals surface area contributed by atoms with Gasteiger partial charge in [0, 0.05) is 59.6 Å². The maximum absolute atomic E-state index is 10.5. The van der Waals surface area contributed by atoms with Gasteiger partial charge in [-0.25, -0.2) is 15.0 Å². The van der Waals surface area contributed by atoms with Crippen molar-refractivity contribution in [1.82, 2.24) is 43.8 Å². The Kier molecular flexibility index (Phi) is 31.5. The van der Waals surface area contributed by atoms with Gasteiger partial charge in [-0.1, -0.05) is 217 Å². The number of anilines is 9. The fourth-order valence-corrected chi connectivity index (χ4v) is 22.7. The van der Waals surface area contributed by atoms with Crippen LogP contribution in [0, 0.1) is 50.9 Å². The van der Waals surface area contributed by atoms with Crippen molar-refractivity contribution in [3.63, 3.8) is 0 Å². The molecule has 0 saturated carbocycles. The average molecular weight is 2590 g/mol. The van der Waals surface area contributed by atoms with E-state index in [0.717, 1.165) is 113 Å². The molecule has 0 fully saturated rings. The molecule has 19 nitrogen and oxygen atoms in total. The Balaban J connectivity index is 0.000000129. The number of pyridine rings is 4. The van der Waals surface area contributed by atoms with Gasteiger partial charge in [0.25, 0.3) is 0 Å². The van der Waals surface area contributed by atoms with Gasteiger partial charge in [-0.05, 0) is 192 Å². The summed E-state index contributed by atoms with van der Waals surface area (Å²) in [6.07, 6.45) is 11.8. The molecule has 142 heavy (non-hydrogen) atoms.